The summed E-state index contributed by atoms with van der Waals surface area (Å²) in [7, 11) is 1.47. The van der Waals surface area contributed by atoms with Gasteiger partial charge in [0.2, 0.25) is 0 Å². The highest BCUT2D eigenvalue weighted by atomic mass is 35.5. The summed E-state index contributed by atoms with van der Waals surface area (Å²) in [4.78, 5) is 22.6. The summed E-state index contributed by atoms with van der Waals surface area (Å²) < 4.78 is 16.7. The fourth-order valence-electron chi connectivity index (χ4n) is 3.14. The number of amides is 1. The fourth-order valence-corrected chi connectivity index (χ4v) is 3.41. The maximum atomic E-state index is 12.3. The predicted octanol–water partition coefficient (Wildman–Crippen LogP) is 5.35. The van der Waals surface area contributed by atoms with Crippen LogP contribution >= 0.6 is 11.6 Å². The molecule has 1 heterocycles. The van der Waals surface area contributed by atoms with Gasteiger partial charge >= 0.3 is 5.91 Å². The molecule has 0 saturated heterocycles. The molecule has 0 fully saturated rings. The lowest BCUT2D eigenvalue weighted by Gasteiger charge is -2.13. The summed E-state index contributed by atoms with van der Waals surface area (Å²) in [5.41, 5.74) is 4.31. The van der Waals surface area contributed by atoms with Gasteiger partial charge < -0.3 is 13.9 Å². The molecule has 1 amide bonds. The maximum absolute atomic E-state index is 12.3. The van der Waals surface area contributed by atoms with Crippen LogP contribution in [-0.4, -0.2) is 24.2 Å². The number of methoxy groups -OCH3 is 1. The Bertz CT molecular complexity index is 1350. The molecular weight excluding hydrogens is 462 g/mol. The Balaban J connectivity index is 1.42. The van der Waals surface area contributed by atoms with Crippen LogP contribution in [0.2, 0.25) is 5.02 Å². The standard InChI is InChI=1S/C24H18ClN3O6/c1-32-21-11-16(13-26-27-24(29)22-12-17-4-2-3-5-20(17)34-22)10-19(25)23(21)33-14-15-6-8-18(9-7-15)28(30)31/h2-13H,14H2,1H3,(H,27,29)/b26-13+. The van der Waals surface area contributed by atoms with Crippen LogP contribution in [0.4, 0.5) is 5.69 Å². The quantitative estimate of drug-likeness (QED) is 0.207. The van der Waals surface area contributed by atoms with Crippen LogP contribution in [0.5, 0.6) is 11.5 Å². The molecule has 1 aromatic heterocycles. The highest BCUT2D eigenvalue weighted by Gasteiger charge is 2.14. The van der Waals surface area contributed by atoms with Crippen LogP contribution in [0.3, 0.4) is 0 Å². The monoisotopic (exact) mass is 479 g/mol. The van der Waals surface area contributed by atoms with Gasteiger partial charge in [0, 0.05) is 17.5 Å². The van der Waals surface area contributed by atoms with Gasteiger partial charge in [-0.3, -0.25) is 14.9 Å². The second kappa shape index (κ2) is 10.1. The topological polar surface area (TPSA) is 116 Å². The first-order valence-corrected chi connectivity index (χ1v) is 10.4. The third-order valence-corrected chi connectivity index (χ3v) is 5.09. The summed E-state index contributed by atoms with van der Waals surface area (Å²) >= 11 is 6.37. The Morgan fingerprint density at radius 3 is 2.65 bits per heavy atom. The van der Waals surface area contributed by atoms with E-state index in [2.05, 4.69) is 10.5 Å². The van der Waals surface area contributed by atoms with E-state index in [1.165, 1.54) is 25.5 Å². The molecule has 0 aliphatic rings. The Hall–Kier alpha value is -4.37. The van der Waals surface area contributed by atoms with E-state index in [-0.39, 0.29) is 23.1 Å². The first kappa shape index (κ1) is 22.8. The van der Waals surface area contributed by atoms with E-state index >= 15 is 0 Å². The van der Waals surface area contributed by atoms with E-state index < -0.39 is 10.8 Å². The molecule has 34 heavy (non-hydrogen) atoms. The number of benzene rings is 3. The van der Waals surface area contributed by atoms with Crippen molar-refractivity contribution in [2.24, 2.45) is 5.10 Å². The normalized spacial score (nSPS) is 11.0. The van der Waals surface area contributed by atoms with Gasteiger partial charge in [-0.2, -0.15) is 5.10 Å². The molecule has 0 aliphatic heterocycles. The highest BCUT2D eigenvalue weighted by molar-refractivity contribution is 6.32. The van der Waals surface area contributed by atoms with Crippen LogP contribution < -0.4 is 14.9 Å². The van der Waals surface area contributed by atoms with Crippen LogP contribution in [0.15, 0.2) is 76.2 Å². The molecule has 0 saturated carbocycles. The lowest BCUT2D eigenvalue weighted by atomic mass is 10.2. The van der Waals surface area contributed by atoms with Gasteiger partial charge in [0.1, 0.15) is 12.2 Å². The SMILES string of the molecule is COc1cc(/C=N/NC(=O)c2cc3ccccc3o2)cc(Cl)c1OCc1ccc([N+](=O)[O-])cc1. The number of nitrogens with one attached hydrogen (secondary N) is 1. The first-order chi connectivity index (χ1) is 16.4. The number of carbonyl (C=O) groups is 1. The van der Waals surface area contributed by atoms with Crippen molar-refractivity contribution in [2.75, 3.05) is 7.11 Å². The van der Waals surface area contributed by atoms with Gasteiger partial charge in [-0.05, 0) is 47.5 Å². The number of carbonyl (C=O) groups excluding carboxylic acids is 1. The number of nitro benzene ring substituents is 1. The minimum atomic E-state index is -0.492. The van der Waals surface area contributed by atoms with E-state index in [0.717, 1.165) is 10.9 Å². The number of para-hydroxylation sites is 1. The number of nitrogens with zero attached hydrogens (tertiary/aromatic N) is 2. The number of furan rings is 1. The molecule has 0 atom stereocenters. The number of hydrogen-bond donors (Lipinski definition) is 1. The van der Waals surface area contributed by atoms with Crippen molar-refractivity contribution >= 4 is 40.4 Å². The summed E-state index contributed by atoms with van der Waals surface area (Å²) in [6, 6.07) is 18.2. The Labute approximate surface area is 198 Å². The lowest BCUT2D eigenvalue weighted by molar-refractivity contribution is -0.384. The number of halogens is 1. The molecular formula is C24H18ClN3O6. The molecule has 0 radical (unpaired) electrons. The van der Waals surface area contributed by atoms with Gasteiger partial charge in [0.05, 0.1) is 23.3 Å². The number of non-ortho nitro benzene ring substituents is 1. The summed E-state index contributed by atoms with van der Waals surface area (Å²) in [5.74, 6) is 0.322. The molecule has 3 aromatic carbocycles. The Morgan fingerprint density at radius 2 is 1.94 bits per heavy atom. The fraction of sp³-hybridized carbons (Fsp3) is 0.0833. The molecule has 0 bridgehead atoms. The molecule has 1 N–H and O–H groups in total. The van der Waals surface area contributed by atoms with E-state index in [1.807, 2.05) is 18.2 Å². The van der Waals surface area contributed by atoms with Crippen LogP contribution in [0, 0.1) is 10.1 Å². The van der Waals surface area contributed by atoms with Crippen LogP contribution in [0.25, 0.3) is 11.0 Å². The van der Waals surface area contributed by atoms with Crippen LogP contribution in [0.1, 0.15) is 21.7 Å². The molecule has 10 heteroatoms. The van der Waals surface area contributed by atoms with E-state index in [9.17, 15) is 14.9 Å². The number of hydrazone groups is 1. The molecule has 4 aromatic rings. The number of fused-ring (bicyclic) bond motifs is 1. The predicted molar refractivity (Wildman–Crippen MR) is 127 cm³/mol. The van der Waals surface area contributed by atoms with Crippen molar-refractivity contribution in [2.45, 2.75) is 6.61 Å². The van der Waals surface area contributed by atoms with E-state index in [4.69, 9.17) is 25.5 Å². The Kier molecular flexibility index (Phi) is 6.74. The molecule has 9 nitrogen and oxygen atoms in total. The molecule has 0 aliphatic carbocycles. The largest absolute Gasteiger partial charge is 0.493 e. The van der Waals surface area contributed by atoms with Gasteiger partial charge in [-0.1, -0.05) is 29.8 Å². The maximum Gasteiger partial charge on any atom is 0.307 e. The number of hydrogen-bond acceptors (Lipinski definition) is 7. The van der Waals surface area contributed by atoms with Gasteiger partial charge in [0.15, 0.2) is 17.3 Å². The number of rotatable bonds is 8. The molecule has 4 rings (SSSR count). The van der Waals surface area contributed by atoms with Crippen molar-refractivity contribution in [1.82, 2.24) is 5.43 Å². The number of nitro groups is 1. The zero-order valence-corrected chi connectivity index (χ0v) is 18.6. The van der Waals surface area contributed by atoms with Crippen LogP contribution in [-0.2, 0) is 6.61 Å². The lowest BCUT2D eigenvalue weighted by Crippen LogP contribution is -2.16. The summed E-state index contributed by atoms with van der Waals surface area (Å²) in [5, 5.41) is 15.8. The summed E-state index contributed by atoms with van der Waals surface area (Å²) in [6.07, 6.45) is 1.41. The van der Waals surface area contributed by atoms with Crippen molar-refractivity contribution < 1.29 is 23.6 Å². The Morgan fingerprint density at radius 1 is 1.18 bits per heavy atom. The zero-order valence-electron chi connectivity index (χ0n) is 17.9. The third-order valence-electron chi connectivity index (χ3n) is 4.81. The number of ether oxygens (including phenoxy) is 2. The smallest absolute Gasteiger partial charge is 0.307 e. The molecule has 0 unspecified atom stereocenters. The second-order valence-corrected chi connectivity index (χ2v) is 7.50. The van der Waals surface area contributed by atoms with Crippen molar-refractivity contribution in [3.05, 3.63) is 98.8 Å². The van der Waals surface area contributed by atoms with E-state index in [1.54, 1.807) is 36.4 Å². The molecule has 0 spiro atoms. The minimum absolute atomic E-state index is 0.00424. The molecule has 172 valence electrons. The average Bonchev–Trinajstić information content (AvgIpc) is 3.28. The van der Waals surface area contributed by atoms with Gasteiger partial charge in [-0.15, -0.1) is 0 Å². The minimum Gasteiger partial charge on any atom is -0.493 e. The van der Waals surface area contributed by atoms with Crippen molar-refractivity contribution in [3.8, 4) is 11.5 Å². The average molecular weight is 480 g/mol. The summed E-state index contributed by atoms with van der Waals surface area (Å²) in [6.45, 7) is 0.134. The zero-order chi connectivity index (χ0) is 24.1. The van der Waals surface area contributed by atoms with Crippen molar-refractivity contribution in [3.63, 3.8) is 0 Å². The van der Waals surface area contributed by atoms with Gasteiger partial charge in [-0.25, -0.2) is 5.43 Å². The second-order valence-electron chi connectivity index (χ2n) is 7.09. The first-order valence-electron chi connectivity index (χ1n) is 10.0. The van der Waals surface area contributed by atoms with Crippen molar-refractivity contribution in [1.29, 1.82) is 0 Å². The highest BCUT2D eigenvalue weighted by Crippen LogP contribution is 2.36. The van der Waals surface area contributed by atoms with Gasteiger partial charge in [0.25, 0.3) is 5.69 Å². The van der Waals surface area contributed by atoms with E-state index in [0.29, 0.717) is 22.6 Å². The third kappa shape index (κ3) is 5.16.